The fourth-order valence-corrected chi connectivity index (χ4v) is 2.00. The molecule has 0 aliphatic carbocycles. The summed E-state index contributed by atoms with van der Waals surface area (Å²) in [4.78, 5) is 16.1. The molecular weight excluding hydrogens is 320 g/mol. The molecule has 0 bridgehead atoms. The van der Waals surface area contributed by atoms with Crippen LogP contribution in [0.3, 0.4) is 0 Å². The van der Waals surface area contributed by atoms with Crippen molar-refractivity contribution in [1.82, 2.24) is 4.98 Å². The van der Waals surface area contributed by atoms with Gasteiger partial charge in [-0.25, -0.2) is 0 Å². The number of para-hydroxylation sites is 2. The minimum atomic E-state index is -0.216. The summed E-state index contributed by atoms with van der Waals surface area (Å²) >= 11 is 3.30. The van der Waals surface area contributed by atoms with Gasteiger partial charge in [0.05, 0.1) is 17.9 Å². The topological polar surface area (TPSA) is 51.2 Å². The van der Waals surface area contributed by atoms with Crippen molar-refractivity contribution in [1.29, 1.82) is 0 Å². The van der Waals surface area contributed by atoms with E-state index in [1.54, 1.807) is 12.3 Å². The summed E-state index contributed by atoms with van der Waals surface area (Å²) in [6.07, 6.45) is 4.07. The van der Waals surface area contributed by atoms with Crippen molar-refractivity contribution in [3.05, 3.63) is 52.8 Å². The van der Waals surface area contributed by atoms with Crippen molar-refractivity contribution in [2.45, 2.75) is 13.3 Å². The second-order valence-corrected chi connectivity index (χ2v) is 5.11. The molecule has 0 fully saturated rings. The fourth-order valence-electron chi connectivity index (χ4n) is 1.64. The average Bonchev–Trinajstić information content (AvgIpc) is 2.46. The second-order valence-electron chi connectivity index (χ2n) is 4.19. The number of hydrogen-bond acceptors (Lipinski definition) is 3. The number of carbonyl (C=O) groups is 1. The van der Waals surface area contributed by atoms with Crippen molar-refractivity contribution in [3.63, 3.8) is 0 Å². The third-order valence-corrected chi connectivity index (χ3v) is 3.00. The van der Waals surface area contributed by atoms with Crippen LogP contribution in [0.25, 0.3) is 0 Å². The Labute approximate surface area is 126 Å². The highest BCUT2D eigenvalue weighted by Crippen LogP contribution is 2.24. The van der Waals surface area contributed by atoms with Crippen LogP contribution in [0, 0.1) is 0 Å². The van der Waals surface area contributed by atoms with E-state index >= 15 is 0 Å². The number of hydrogen-bond donors (Lipinski definition) is 1. The van der Waals surface area contributed by atoms with E-state index in [1.165, 1.54) is 6.20 Å². The minimum absolute atomic E-state index is 0.216. The Morgan fingerprint density at radius 2 is 2.15 bits per heavy atom. The van der Waals surface area contributed by atoms with E-state index in [2.05, 4.69) is 26.2 Å². The smallest absolute Gasteiger partial charge is 0.257 e. The molecule has 1 heterocycles. The van der Waals surface area contributed by atoms with Gasteiger partial charge in [0.2, 0.25) is 0 Å². The second kappa shape index (κ2) is 7.05. The van der Waals surface area contributed by atoms with Crippen LogP contribution < -0.4 is 10.1 Å². The minimum Gasteiger partial charge on any atom is -0.491 e. The maximum atomic E-state index is 12.2. The summed E-state index contributed by atoms with van der Waals surface area (Å²) in [5.41, 5.74) is 1.15. The van der Waals surface area contributed by atoms with Crippen LogP contribution in [-0.4, -0.2) is 17.5 Å². The molecule has 0 saturated carbocycles. The number of aromatic nitrogens is 1. The van der Waals surface area contributed by atoms with Gasteiger partial charge in [-0.15, -0.1) is 0 Å². The van der Waals surface area contributed by atoms with Gasteiger partial charge in [-0.3, -0.25) is 9.78 Å². The molecule has 0 radical (unpaired) electrons. The Hall–Kier alpha value is -1.88. The number of halogens is 1. The highest BCUT2D eigenvalue weighted by atomic mass is 79.9. The number of carbonyl (C=O) groups excluding carboxylic acids is 1. The third kappa shape index (κ3) is 3.81. The fraction of sp³-hybridized carbons (Fsp3) is 0.200. The van der Waals surface area contributed by atoms with Crippen molar-refractivity contribution in [3.8, 4) is 5.75 Å². The van der Waals surface area contributed by atoms with Crippen molar-refractivity contribution < 1.29 is 9.53 Å². The molecule has 0 saturated heterocycles. The van der Waals surface area contributed by atoms with Gasteiger partial charge in [-0.05, 0) is 40.5 Å². The Bertz CT molecular complexity index is 602. The van der Waals surface area contributed by atoms with E-state index in [0.29, 0.717) is 23.6 Å². The predicted octanol–water partition coefficient (Wildman–Crippen LogP) is 3.89. The van der Waals surface area contributed by atoms with E-state index in [4.69, 9.17) is 4.74 Å². The number of benzene rings is 1. The Balaban J connectivity index is 2.15. The van der Waals surface area contributed by atoms with Gasteiger partial charge in [0.15, 0.2) is 0 Å². The van der Waals surface area contributed by atoms with E-state index < -0.39 is 0 Å². The SMILES string of the molecule is CCCOc1ccccc1NC(=O)c1cncc(Br)c1. The highest BCUT2D eigenvalue weighted by molar-refractivity contribution is 9.10. The Kier molecular flexibility index (Phi) is 5.12. The molecule has 2 aromatic rings. The number of ether oxygens (including phenoxy) is 1. The van der Waals surface area contributed by atoms with Crippen LogP contribution in [0.5, 0.6) is 5.75 Å². The van der Waals surface area contributed by atoms with Crippen LogP contribution in [0.15, 0.2) is 47.2 Å². The average molecular weight is 335 g/mol. The highest BCUT2D eigenvalue weighted by Gasteiger charge is 2.10. The molecule has 20 heavy (non-hydrogen) atoms. The Morgan fingerprint density at radius 3 is 2.90 bits per heavy atom. The quantitative estimate of drug-likeness (QED) is 0.902. The molecule has 1 aromatic heterocycles. The summed E-state index contributed by atoms with van der Waals surface area (Å²) < 4.78 is 6.37. The number of rotatable bonds is 5. The van der Waals surface area contributed by atoms with E-state index in [1.807, 2.05) is 31.2 Å². The predicted molar refractivity (Wildman–Crippen MR) is 82.1 cm³/mol. The molecule has 0 atom stereocenters. The molecular formula is C15H15BrN2O2. The molecule has 0 spiro atoms. The summed E-state index contributed by atoms with van der Waals surface area (Å²) in [7, 11) is 0. The maximum Gasteiger partial charge on any atom is 0.257 e. The number of pyridine rings is 1. The first-order valence-corrected chi connectivity index (χ1v) is 7.13. The molecule has 5 heteroatoms. The first-order valence-electron chi connectivity index (χ1n) is 6.34. The third-order valence-electron chi connectivity index (χ3n) is 2.56. The Morgan fingerprint density at radius 1 is 1.35 bits per heavy atom. The molecule has 104 valence electrons. The van der Waals surface area contributed by atoms with Gasteiger partial charge >= 0.3 is 0 Å². The first kappa shape index (κ1) is 14.5. The largest absolute Gasteiger partial charge is 0.491 e. The lowest BCUT2D eigenvalue weighted by Crippen LogP contribution is -2.13. The van der Waals surface area contributed by atoms with Crippen LogP contribution in [0.1, 0.15) is 23.7 Å². The van der Waals surface area contributed by atoms with Crippen molar-refractivity contribution in [2.24, 2.45) is 0 Å². The molecule has 0 unspecified atom stereocenters. The summed E-state index contributed by atoms with van der Waals surface area (Å²) in [6.45, 7) is 2.65. The van der Waals surface area contributed by atoms with E-state index in [-0.39, 0.29) is 5.91 Å². The lowest BCUT2D eigenvalue weighted by Gasteiger charge is -2.11. The first-order chi connectivity index (χ1) is 9.70. The number of amides is 1. The zero-order chi connectivity index (χ0) is 14.4. The van der Waals surface area contributed by atoms with Gasteiger partial charge in [0.1, 0.15) is 5.75 Å². The van der Waals surface area contributed by atoms with Gasteiger partial charge < -0.3 is 10.1 Å². The van der Waals surface area contributed by atoms with Crippen LogP contribution in [-0.2, 0) is 0 Å². The van der Waals surface area contributed by atoms with Crippen LogP contribution >= 0.6 is 15.9 Å². The maximum absolute atomic E-state index is 12.2. The van der Waals surface area contributed by atoms with Gasteiger partial charge in [0, 0.05) is 16.9 Å². The zero-order valence-corrected chi connectivity index (χ0v) is 12.7. The van der Waals surface area contributed by atoms with E-state index in [9.17, 15) is 4.79 Å². The van der Waals surface area contributed by atoms with E-state index in [0.717, 1.165) is 10.9 Å². The number of anilines is 1. The van der Waals surface area contributed by atoms with Gasteiger partial charge in [0.25, 0.3) is 5.91 Å². The molecule has 1 amide bonds. The lowest BCUT2D eigenvalue weighted by molar-refractivity contribution is 0.102. The standard InChI is InChI=1S/C15H15BrN2O2/c1-2-7-20-14-6-4-3-5-13(14)18-15(19)11-8-12(16)10-17-9-11/h3-6,8-10H,2,7H2,1H3,(H,18,19). The normalized spacial score (nSPS) is 10.1. The number of nitrogens with zero attached hydrogens (tertiary/aromatic N) is 1. The van der Waals surface area contributed by atoms with Gasteiger partial charge in [-0.1, -0.05) is 19.1 Å². The number of nitrogens with one attached hydrogen (secondary N) is 1. The van der Waals surface area contributed by atoms with Gasteiger partial charge in [-0.2, -0.15) is 0 Å². The molecule has 1 N–H and O–H groups in total. The molecule has 0 aliphatic rings. The molecule has 2 rings (SSSR count). The zero-order valence-electron chi connectivity index (χ0n) is 11.1. The summed E-state index contributed by atoms with van der Waals surface area (Å²) in [6, 6.07) is 9.10. The monoisotopic (exact) mass is 334 g/mol. The lowest BCUT2D eigenvalue weighted by atomic mass is 10.2. The summed E-state index contributed by atoms with van der Waals surface area (Å²) in [5.74, 6) is 0.456. The van der Waals surface area contributed by atoms with Crippen molar-refractivity contribution >= 4 is 27.5 Å². The molecule has 1 aromatic carbocycles. The molecule has 0 aliphatic heterocycles. The summed E-state index contributed by atoms with van der Waals surface area (Å²) in [5, 5.41) is 2.84. The van der Waals surface area contributed by atoms with Crippen LogP contribution in [0.2, 0.25) is 0 Å². The van der Waals surface area contributed by atoms with Crippen molar-refractivity contribution in [2.75, 3.05) is 11.9 Å². The van der Waals surface area contributed by atoms with Crippen LogP contribution in [0.4, 0.5) is 5.69 Å². The molecule has 4 nitrogen and oxygen atoms in total.